The van der Waals surface area contributed by atoms with E-state index in [4.69, 9.17) is 4.42 Å². The van der Waals surface area contributed by atoms with Crippen molar-refractivity contribution in [3.05, 3.63) is 34.5 Å². The Morgan fingerprint density at radius 2 is 2.12 bits per heavy atom. The molecule has 0 aliphatic heterocycles. The summed E-state index contributed by atoms with van der Waals surface area (Å²) in [7, 11) is 0. The van der Waals surface area contributed by atoms with E-state index in [0.717, 1.165) is 27.6 Å². The van der Waals surface area contributed by atoms with Gasteiger partial charge in [0.05, 0.1) is 6.10 Å². The van der Waals surface area contributed by atoms with Crippen LogP contribution in [0, 0.1) is 5.41 Å². The maximum absolute atomic E-state index is 9.78. The van der Waals surface area contributed by atoms with Crippen LogP contribution in [0.5, 0.6) is 0 Å². The van der Waals surface area contributed by atoms with Gasteiger partial charge in [0.15, 0.2) is 0 Å². The summed E-state index contributed by atoms with van der Waals surface area (Å²) in [5, 5.41) is 10.9. The average molecular weight is 295 g/mol. The molecule has 2 aromatic rings. The van der Waals surface area contributed by atoms with Gasteiger partial charge in [-0.15, -0.1) is 0 Å². The zero-order chi connectivity index (χ0) is 12.2. The Hall–Kier alpha value is -0.800. The van der Waals surface area contributed by atoms with Crippen molar-refractivity contribution in [2.24, 2.45) is 5.41 Å². The maximum atomic E-state index is 9.78. The zero-order valence-corrected chi connectivity index (χ0v) is 11.5. The molecule has 2 nitrogen and oxygen atoms in total. The molecular weight excluding hydrogens is 280 g/mol. The first-order valence-corrected chi connectivity index (χ1v) is 6.65. The van der Waals surface area contributed by atoms with E-state index in [-0.39, 0.29) is 11.5 Å². The largest absolute Gasteiger partial charge is 0.461 e. The van der Waals surface area contributed by atoms with Crippen molar-refractivity contribution in [1.29, 1.82) is 0 Å². The number of aliphatic hydroxyl groups is 1. The molecule has 1 fully saturated rings. The van der Waals surface area contributed by atoms with Crippen LogP contribution in [0.3, 0.4) is 0 Å². The number of benzene rings is 1. The maximum Gasteiger partial charge on any atom is 0.134 e. The molecule has 0 amide bonds. The molecule has 1 heterocycles. The van der Waals surface area contributed by atoms with Gasteiger partial charge in [0.2, 0.25) is 0 Å². The van der Waals surface area contributed by atoms with Crippen molar-refractivity contribution < 1.29 is 9.52 Å². The Morgan fingerprint density at radius 1 is 1.35 bits per heavy atom. The summed E-state index contributed by atoms with van der Waals surface area (Å²) in [6.45, 7) is 4.18. The van der Waals surface area contributed by atoms with E-state index in [1.54, 1.807) is 0 Å². The number of furan rings is 1. The Bertz CT molecular complexity index is 571. The lowest BCUT2D eigenvalue weighted by Crippen LogP contribution is -2.47. The fourth-order valence-electron chi connectivity index (χ4n) is 2.59. The van der Waals surface area contributed by atoms with Crippen LogP contribution in [0.25, 0.3) is 11.0 Å². The highest BCUT2D eigenvalue weighted by atomic mass is 79.9. The Kier molecular flexibility index (Phi) is 2.39. The van der Waals surface area contributed by atoms with Crippen LogP contribution in [0.2, 0.25) is 0 Å². The number of hydrogen-bond acceptors (Lipinski definition) is 2. The van der Waals surface area contributed by atoms with Gasteiger partial charge in [0.25, 0.3) is 0 Å². The number of fused-ring (bicyclic) bond motifs is 1. The summed E-state index contributed by atoms with van der Waals surface area (Å²) in [5.74, 6) is 1.32. The van der Waals surface area contributed by atoms with Crippen LogP contribution in [0.4, 0.5) is 0 Å². The molecule has 0 spiro atoms. The third-order valence-electron chi connectivity index (χ3n) is 4.06. The molecule has 17 heavy (non-hydrogen) atoms. The number of rotatable bonds is 1. The summed E-state index contributed by atoms with van der Waals surface area (Å²) >= 11 is 3.46. The lowest BCUT2D eigenvalue weighted by atomic mass is 9.59. The normalized spacial score (nSPS) is 27.1. The van der Waals surface area contributed by atoms with Gasteiger partial charge in [0, 0.05) is 21.2 Å². The number of hydrogen-bond donors (Lipinski definition) is 1. The molecule has 3 heteroatoms. The van der Waals surface area contributed by atoms with Gasteiger partial charge in [-0.2, -0.15) is 0 Å². The first-order chi connectivity index (χ1) is 7.98. The molecule has 0 radical (unpaired) electrons. The molecule has 90 valence electrons. The van der Waals surface area contributed by atoms with E-state index < -0.39 is 0 Å². The van der Waals surface area contributed by atoms with Gasteiger partial charge in [-0.25, -0.2) is 0 Å². The standard InChI is InChI=1S/C14H15BrO2/c1-14(2)10(7-13(14)16)12-6-8-5-9(15)3-4-11(8)17-12/h3-6,10,13,16H,7H2,1-2H3. The van der Waals surface area contributed by atoms with E-state index in [1.165, 1.54) is 0 Å². The van der Waals surface area contributed by atoms with E-state index in [1.807, 2.05) is 12.1 Å². The molecule has 3 rings (SSSR count). The minimum absolute atomic E-state index is 0.0783. The van der Waals surface area contributed by atoms with Crippen LogP contribution >= 0.6 is 15.9 Å². The molecule has 1 saturated carbocycles. The number of aliphatic hydroxyl groups excluding tert-OH is 1. The highest BCUT2D eigenvalue weighted by Crippen LogP contribution is 2.53. The lowest BCUT2D eigenvalue weighted by molar-refractivity contribution is -0.0685. The smallest absolute Gasteiger partial charge is 0.134 e. The Morgan fingerprint density at radius 3 is 2.76 bits per heavy atom. The second-order valence-corrected chi connectivity index (χ2v) is 6.37. The fourth-order valence-corrected chi connectivity index (χ4v) is 2.97. The van der Waals surface area contributed by atoms with Crippen molar-refractivity contribution in [2.45, 2.75) is 32.3 Å². The fraction of sp³-hybridized carbons (Fsp3) is 0.429. The van der Waals surface area contributed by atoms with Gasteiger partial charge in [-0.1, -0.05) is 29.8 Å². The predicted molar refractivity (Wildman–Crippen MR) is 71.1 cm³/mol. The Labute approximate surface area is 109 Å². The molecule has 0 bridgehead atoms. The molecule has 1 aliphatic rings. The highest BCUT2D eigenvalue weighted by Gasteiger charge is 2.49. The third-order valence-corrected chi connectivity index (χ3v) is 4.55. The van der Waals surface area contributed by atoms with Gasteiger partial charge in [-0.05, 0) is 30.7 Å². The van der Waals surface area contributed by atoms with Crippen molar-refractivity contribution in [2.75, 3.05) is 0 Å². The first-order valence-electron chi connectivity index (χ1n) is 5.85. The molecule has 0 saturated heterocycles. The summed E-state index contributed by atoms with van der Waals surface area (Å²) < 4.78 is 6.94. The summed E-state index contributed by atoms with van der Waals surface area (Å²) in [5.41, 5.74) is 0.839. The molecule has 1 aliphatic carbocycles. The minimum Gasteiger partial charge on any atom is -0.461 e. The molecule has 1 aromatic carbocycles. The van der Waals surface area contributed by atoms with Gasteiger partial charge in [-0.3, -0.25) is 0 Å². The van der Waals surface area contributed by atoms with Gasteiger partial charge in [0.1, 0.15) is 11.3 Å². The highest BCUT2D eigenvalue weighted by molar-refractivity contribution is 9.10. The first kappa shape index (κ1) is 11.3. The van der Waals surface area contributed by atoms with Crippen LogP contribution in [0.1, 0.15) is 31.9 Å². The Balaban J connectivity index is 2.02. The summed E-state index contributed by atoms with van der Waals surface area (Å²) in [6.07, 6.45) is 0.584. The van der Waals surface area contributed by atoms with Crippen LogP contribution in [-0.4, -0.2) is 11.2 Å². The summed E-state index contributed by atoms with van der Waals surface area (Å²) in [6, 6.07) is 8.12. The van der Waals surface area contributed by atoms with Gasteiger partial charge >= 0.3 is 0 Å². The van der Waals surface area contributed by atoms with E-state index in [0.29, 0.717) is 5.92 Å². The lowest BCUT2D eigenvalue weighted by Gasteiger charge is -2.48. The third kappa shape index (κ3) is 1.64. The summed E-state index contributed by atoms with van der Waals surface area (Å²) in [4.78, 5) is 0. The number of halogens is 1. The van der Waals surface area contributed by atoms with Crippen LogP contribution in [0.15, 0.2) is 33.2 Å². The zero-order valence-electron chi connectivity index (χ0n) is 9.90. The van der Waals surface area contributed by atoms with E-state index >= 15 is 0 Å². The van der Waals surface area contributed by atoms with Crippen LogP contribution in [-0.2, 0) is 0 Å². The van der Waals surface area contributed by atoms with Crippen molar-refractivity contribution in [3.8, 4) is 0 Å². The van der Waals surface area contributed by atoms with E-state index in [2.05, 4.69) is 41.9 Å². The molecular formula is C14H15BrO2. The average Bonchev–Trinajstić information content (AvgIpc) is 2.67. The topological polar surface area (TPSA) is 33.4 Å². The quantitative estimate of drug-likeness (QED) is 0.860. The van der Waals surface area contributed by atoms with E-state index in [9.17, 15) is 5.11 Å². The van der Waals surface area contributed by atoms with Crippen molar-refractivity contribution >= 4 is 26.9 Å². The molecule has 1 aromatic heterocycles. The van der Waals surface area contributed by atoms with Crippen molar-refractivity contribution in [1.82, 2.24) is 0 Å². The minimum atomic E-state index is -0.215. The predicted octanol–water partition coefficient (Wildman–Crippen LogP) is 4.07. The second kappa shape index (κ2) is 3.59. The SMILES string of the molecule is CC1(C)C(O)CC1c1cc2cc(Br)ccc2o1. The molecule has 2 unspecified atom stereocenters. The van der Waals surface area contributed by atoms with Crippen LogP contribution < -0.4 is 0 Å². The molecule has 1 N–H and O–H groups in total. The van der Waals surface area contributed by atoms with Gasteiger partial charge < -0.3 is 9.52 Å². The monoisotopic (exact) mass is 294 g/mol. The molecule has 2 atom stereocenters. The van der Waals surface area contributed by atoms with Crippen molar-refractivity contribution in [3.63, 3.8) is 0 Å². The second-order valence-electron chi connectivity index (χ2n) is 5.46.